The standard InChI is InChI=1S/C23H30N2O5/c1-8-16-17(10-9-11-19(16)29-6)21(26)25(24-23(2,3)4)22(27)18-14-15(28-5)12-13-20(18)30-7/h9-14,24H,8H2,1-7H3. The fraction of sp³-hybridized carbons (Fsp3) is 0.391. The molecule has 0 aliphatic carbocycles. The molecule has 0 aliphatic rings. The van der Waals surface area contributed by atoms with Crippen molar-refractivity contribution >= 4 is 11.8 Å². The normalized spacial score (nSPS) is 11.0. The second-order valence-electron chi connectivity index (χ2n) is 7.71. The molecule has 2 amide bonds. The molecule has 2 aromatic carbocycles. The van der Waals surface area contributed by atoms with Crippen LogP contribution in [0.2, 0.25) is 0 Å². The number of methoxy groups -OCH3 is 3. The van der Waals surface area contributed by atoms with Gasteiger partial charge >= 0.3 is 0 Å². The summed E-state index contributed by atoms with van der Waals surface area (Å²) in [5, 5.41) is 1.03. The van der Waals surface area contributed by atoms with Crippen LogP contribution in [0.1, 0.15) is 54.0 Å². The highest BCUT2D eigenvalue weighted by atomic mass is 16.5. The summed E-state index contributed by atoms with van der Waals surface area (Å²) in [5.74, 6) is 0.408. The van der Waals surface area contributed by atoms with Crippen LogP contribution in [0, 0.1) is 0 Å². The van der Waals surface area contributed by atoms with Gasteiger partial charge in [-0.15, -0.1) is 0 Å². The van der Waals surface area contributed by atoms with Gasteiger partial charge in [0, 0.05) is 16.7 Å². The van der Waals surface area contributed by atoms with Gasteiger partial charge in [0.15, 0.2) is 0 Å². The molecule has 2 aromatic rings. The fourth-order valence-electron chi connectivity index (χ4n) is 3.07. The molecule has 7 nitrogen and oxygen atoms in total. The third-order valence-electron chi connectivity index (χ3n) is 4.43. The molecule has 0 saturated heterocycles. The Morgan fingerprint density at radius 2 is 1.53 bits per heavy atom. The third kappa shape index (κ3) is 5.10. The molecule has 30 heavy (non-hydrogen) atoms. The Hall–Kier alpha value is -3.06. The Morgan fingerprint density at radius 3 is 2.07 bits per heavy atom. The van der Waals surface area contributed by atoms with E-state index in [1.807, 2.05) is 27.7 Å². The number of rotatable bonds is 7. The van der Waals surface area contributed by atoms with Gasteiger partial charge in [-0.05, 0) is 57.5 Å². The van der Waals surface area contributed by atoms with Gasteiger partial charge in [0.1, 0.15) is 17.2 Å². The average Bonchev–Trinajstić information content (AvgIpc) is 2.74. The van der Waals surface area contributed by atoms with E-state index in [0.717, 1.165) is 10.6 Å². The topological polar surface area (TPSA) is 77.1 Å². The van der Waals surface area contributed by atoms with Crippen LogP contribution in [0.25, 0.3) is 0 Å². The van der Waals surface area contributed by atoms with Crippen LogP contribution in [0.5, 0.6) is 17.2 Å². The highest BCUT2D eigenvalue weighted by Gasteiger charge is 2.31. The van der Waals surface area contributed by atoms with Crippen LogP contribution in [-0.4, -0.2) is 43.7 Å². The lowest BCUT2D eigenvalue weighted by Gasteiger charge is -2.31. The maximum absolute atomic E-state index is 13.6. The second-order valence-corrected chi connectivity index (χ2v) is 7.71. The maximum atomic E-state index is 13.6. The number of carbonyl (C=O) groups excluding carboxylic acids is 2. The molecule has 162 valence electrons. The summed E-state index contributed by atoms with van der Waals surface area (Å²) in [6.07, 6.45) is 0.575. The Balaban J connectivity index is 2.60. The van der Waals surface area contributed by atoms with Gasteiger partial charge in [0.2, 0.25) is 0 Å². The third-order valence-corrected chi connectivity index (χ3v) is 4.43. The van der Waals surface area contributed by atoms with E-state index in [1.165, 1.54) is 14.2 Å². The number of nitrogens with zero attached hydrogens (tertiary/aromatic N) is 1. The zero-order valence-corrected chi connectivity index (χ0v) is 18.7. The Morgan fingerprint density at radius 1 is 0.900 bits per heavy atom. The average molecular weight is 415 g/mol. The Bertz CT molecular complexity index is 904. The van der Waals surface area contributed by atoms with Crippen molar-refractivity contribution in [1.82, 2.24) is 10.4 Å². The van der Waals surface area contributed by atoms with Crippen LogP contribution < -0.4 is 19.6 Å². The molecule has 0 radical (unpaired) electrons. The number of hydrogen-bond acceptors (Lipinski definition) is 6. The molecule has 0 fully saturated rings. The van der Waals surface area contributed by atoms with Crippen molar-refractivity contribution in [3.8, 4) is 17.2 Å². The number of ether oxygens (including phenoxy) is 3. The zero-order chi connectivity index (χ0) is 22.5. The molecule has 0 unspecified atom stereocenters. The summed E-state index contributed by atoms with van der Waals surface area (Å²) in [6, 6.07) is 10.1. The lowest BCUT2D eigenvalue weighted by Crippen LogP contribution is -2.55. The van der Waals surface area contributed by atoms with Gasteiger partial charge in [-0.3, -0.25) is 9.59 Å². The predicted octanol–water partition coefficient (Wildman–Crippen LogP) is 3.86. The molecular formula is C23H30N2O5. The first-order valence-electron chi connectivity index (χ1n) is 9.71. The van der Waals surface area contributed by atoms with E-state index in [-0.39, 0.29) is 5.56 Å². The van der Waals surface area contributed by atoms with Crippen molar-refractivity contribution in [1.29, 1.82) is 0 Å². The summed E-state index contributed by atoms with van der Waals surface area (Å²) in [6.45, 7) is 7.55. The van der Waals surface area contributed by atoms with E-state index in [0.29, 0.717) is 29.2 Å². The van der Waals surface area contributed by atoms with Crippen LogP contribution >= 0.6 is 0 Å². The minimum absolute atomic E-state index is 0.211. The number of hydrazine groups is 1. The molecule has 1 N–H and O–H groups in total. The van der Waals surface area contributed by atoms with Crippen molar-refractivity contribution in [2.75, 3.05) is 21.3 Å². The number of hydrogen-bond donors (Lipinski definition) is 1. The number of nitrogens with one attached hydrogen (secondary N) is 1. The van der Waals surface area contributed by atoms with Crippen molar-refractivity contribution < 1.29 is 23.8 Å². The smallest absolute Gasteiger partial charge is 0.279 e. The van der Waals surface area contributed by atoms with Crippen LogP contribution in [0.4, 0.5) is 0 Å². The highest BCUT2D eigenvalue weighted by molar-refractivity contribution is 6.11. The van der Waals surface area contributed by atoms with Gasteiger partial charge in [-0.2, -0.15) is 0 Å². The summed E-state index contributed by atoms with van der Waals surface area (Å²) >= 11 is 0. The minimum atomic E-state index is -0.553. The molecule has 0 spiro atoms. The number of carbonyl (C=O) groups is 2. The van der Waals surface area contributed by atoms with Crippen molar-refractivity contribution in [2.45, 2.75) is 39.7 Å². The van der Waals surface area contributed by atoms with Gasteiger partial charge in [0.05, 0.1) is 26.9 Å². The number of amides is 2. The van der Waals surface area contributed by atoms with Gasteiger partial charge in [0.25, 0.3) is 11.8 Å². The summed E-state index contributed by atoms with van der Waals surface area (Å²) in [4.78, 5) is 27.1. The molecule has 2 rings (SSSR count). The molecule has 0 heterocycles. The van der Waals surface area contributed by atoms with Gasteiger partial charge in [-0.25, -0.2) is 10.4 Å². The van der Waals surface area contributed by atoms with E-state index >= 15 is 0 Å². The quantitative estimate of drug-likeness (QED) is 0.548. The first-order valence-corrected chi connectivity index (χ1v) is 9.71. The minimum Gasteiger partial charge on any atom is -0.497 e. The van der Waals surface area contributed by atoms with E-state index in [1.54, 1.807) is 43.5 Å². The SMILES string of the molecule is CCc1c(OC)cccc1C(=O)N(NC(C)(C)C)C(=O)c1cc(OC)ccc1OC. The monoisotopic (exact) mass is 414 g/mol. The molecule has 0 saturated carbocycles. The van der Waals surface area contributed by atoms with Crippen LogP contribution in [0.15, 0.2) is 36.4 Å². The largest absolute Gasteiger partial charge is 0.497 e. The Kier molecular flexibility index (Phi) is 7.45. The zero-order valence-electron chi connectivity index (χ0n) is 18.7. The molecule has 0 atom stereocenters. The summed E-state index contributed by atoms with van der Waals surface area (Å²) < 4.78 is 16.0. The van der Waals surface area contributed by atoms with Crippen molar-refractivity contribution in [2.24, 2.45) is 0 Å². The number of imide groups is 1. The van der Waals surface area contributed by atoms with E-state index in [4.69, 9.17) is 14.2 Å². The predicted molar refractivity (Wildman–Crippen MR) is 115 cm³/mol. The molecule has 0 aromatic heterocycles. The van der Waals surface area contributed by atoms with Crippen LogP contribution in [0.3, 0.4) is 0 Å². The van der Waals surface area contributed by atoms with E-state index < -0.39 is 17.4 Å². The maximum Gasteiger partial charge on any atom is 0.279 e. The molecule has 0 bridgehead atoms. The highest BCUT2D eigenvalue weighted by Crippen LogP contribution is 2.28. The van der Waals surface area contributed by atoms with Crippen molar-refractivity contribution in [3.63, 3.8) is 0 Å². The summed E-state index contributed by atoms with van der Waals surface area (Å²) in [7, 11) is 4.54. The summed E-state index contributed by atoms with van der Waals surface area (Å²) in [5.41, 5.74) is 3.81. The van der Waals surface area contributed by atoms with Crippen LogP contribution in [-0.2, 0) is 6.42 Å². The lowest BCUT2D eigenvalue weighted by atomic mass is 10.0. The molecule has 7 heteroatoms. The van der Waals surface area contributed by atoms with E-state index in [2.05, 4.69) is 5.43 Å². The van der Waals surface area contributed by atoms with Gasteiger partial charge < -0.3 is 14.2 Å². The first kappa shape index (κ1) is 23.2. The second kappa shape index (κ2) is 9.63. The number of benzene rings is 2. The van der Waals surface area contributed by atoms with Crippen molar-refractivity contribution in [3.05, 3.63) is 53.1 Å². The van der Waals surface area contributed by atoms with E-state index in [9.17, 15) is 9.59 Å². The molecule has 0 aliphatic heterocycles. The first-order chi connectivity index (χ1) is 14.2. The molecular weight excluding hydrogens is 384 g/mol. The Labute approximate surface area is 177 Å². The van der Waals surface area contributed by atoms with Gasteiger partial charge in [-0.1, -0.05) is 13.0 Å². The lowest BCUT2D eigenvalue weighted by molar-refractivity contribution is 0.0449. The fourth-order valence-corrected chi connectivity index (χ4v) is 3.07.